The first-order valence-electron chi connectivity index (χ1n) is 4.87. The quantitative estimate of drug-likeness (QED) is 0.807. The summed E-state index contributed by atoms with van der Waals surface area (Å²) in [7, 11) is 3.24. The van der Waals surface area contributed by atoms with Crippen LogP contribution < -0.4 is 4.74 Å². The number of hydrogen-bond donors (Lipinski definition) is 0. The molecule has 1 amide bonds. The van der Waals surface area contributed by atoms with E-state index in [4.69, 9.17) is 10.00 Å². The number of thiophene rings is 1. The van der Waals surface area contributed by atoms with Crippen LogP contribution in [-0.2, 0) is 0 Å². The zero-order valence-corrected chi connectivity index (χ0v) is 10.4. The molecular weight excluding hydrogens is 224 g/mol. The maximum absolute atomic E-state index is 12.0. The van der Waals surface area contributed by atoms with Gasteiger partial charge in [-0.3, -0.25) is 4.79 Å². The SMILES string of the molecule is COc1ccsc1C(=O)N(C)C(C)CC#N. The fourth-order valence-corrected chi connectivity index (χ4v) is 2.08. The van der Waals surface area contributed by atoms with Gasteiger partial charge in [-0.2, -0.15) is 5.26 Å². The number of methoxy groups -OCH3 is 1. The van der Waals surface area contributed by atoms with Gasteiger partial charge in [0.2, 0.25) is 0 Å². The average Bonchev–Trinajstić information content (AvgIpc) is 2.75. The van der Waals surface area contributed by atoms with Crippen molar-refractivity contribution in [3.63, 3.8) is 0 Å². The summed E-state index contributed by atoms with van der Waals surface area (Å²) in [5, 5.41) is 10.4. The van der Waals surface area contributed by atoms with Crippen molar-refractivity contribution in [1.82, 2.24) is 4.90 Å². The predicted octanol–water partition coefficient (Wildman–Crippen LogP) is 2.13. The topological polar surface area (TPSA) is 53.3 Å². The minimum Gasteiger partial charge on any atom is -0.495 e. The number of nitriles is 1. The van der Waals surface area contributed by atoms with Crippen LogP contribution >= 0.6 is 11.3 Å². The van der Waals surface area contributed by atoms with Gasteiger partial charge in [-0.1, -0.05) is 0 Å². The lowest BCUT2D eigenvalue weighted by Gasteiger charge is -2.22. The zero-order valence-electron chi connectivity index (χ0n) is 9.56. The highest BCUT2D eigenvalue weighted by molar-refractivity contribution is 7.12. The molecule has 1 heterocycles. The minimum atomic E-state index is -0.102. The second-order valence-corrected chi connectivity index (χ2v) is 4.36. The molecule has 0 aliphatic carbocycles. The summed E-state index contributed by atoms with van der Waals surface area (Å²) in [6.07, 6.45) is 0.329. The molecule has 86 valence electrons. The van der Waals surface area contributed by atoms with Crippen molar-refractivity contribution in [1.29, 1.82) is 5.26 Å². The average molecular weight is 238 g/mol. The molecule has 0 saturated heterocycles. The standard InChI is InChI=1S/C11H14N2O2S/c1-8(4-6-12)13(2)11(14)10-9(15-3)5-7-16-10/h5,7-8H,4H2,1-3H3. The maximum atomic E-state index is 12.0. The van der Waals surface area contributed by atoms with E-state index >= 15 is 0 Å². The molecule has 1 aromatic rings. The van der Waals surface area contributed by atoms with Gasteiger partial charge < -0.3 is 9.64 Å². The molecule has 0 bridgehead atoms. The fourth-order valence-electron chi connectivity index (χ4n) is 1.24. The summed E-state index contributed by atoms with van der Waals surface area (Å²) in [4.78, 5) is 14.2. The molecule has 0 fully saturated rings. The Morgan fingerprint density at radius 3 is 3.00 bits per heavy atom. The predicted molar refractivity (Wildman–Crippen MR) is 62.7 cm³/mol. The zero-order chi connectivity index (χ0) is 12.1. The summed E-state index contributed by atoms with van der Waals surface area (Å²) in [5.41, 5.74) is 0. The van der Waals surface area contributed by atoms with E-state index in [9.17, 15) is 4.79 Å². The van der Waals surface area contributed by atoms with Crippen LogP contribution in [-0.4, -0.2) is 31.0 Å². The molecule has 0 radical (unpaired) electrons. The number of carbonyl (C=O) groups excluding carboxylic acids is 1. The minimum absolute atomic E-state index is 0.0932. The lowest BCUT2D eigenvalue weighted by molar-refractivity contribution is 0.0748. The van der Waals surface area contributed by atoms with E-state index in [0.717, 1.165) is 0 Å². The van der Waals surface area contributed by atoms with Crippen molar-refractivity contribution in [3.8, 4) is 11.8 Å². The van der Waals surface area contributed by atoms with Crippen LogP contribution in [0.25, 0.3) is 0 Å². The maximum Gasteiger partial charge on any atom is 0.267 e. The van der Waals surface area contributed by atoms with Crippen LogP contribution in [0.5, 0.6) is 5.75 Å². The fraction of sp³-hybridized carbons (Fsp3) is 0.455. The molecule has 0 aliphatic heterocycles. The summed E-state index contributed by atoms with van der Waals surface area (Å²) in [6, 6.07) is 3.73. The molecule has 0 spiro atoms. The normalized spacial score (nSPS) is 11.6. The molecule has 0 aliphatic rings. The second-order valence-electron chi connectivity index (χ2n) is 3.45. The molecule has 0 saturated carbocycles. The van der Waals surface area contributed by atoms with Gasteiger partial charge in [0.1, 0.15) is 10.6 Å². The largest absolute Gasteiger partial charge is 0.495 e. The van der Waals surface area contributed by atoms with Crippen molar-refractivity contribution in [2.45, 2.75) is 19.4 Å². The Morgan fingerprint density at radius 1 is 1.75 bits per heavy atom. The molecule has 5 heteroatoms. The molecule has 1 rings (SSSR count). The highest BCUT2D eigenvalue weighted by Gasteiger charge is 2.21. The van der Waals surface area contributed by atoms with E-state index in [1.807, 2.05) is 12.3 Å². The number of hydrogen-bond acceptors (Lipinski definition) is 4. The Labute approximate surface area is 99.1 Å². The number of nitrogens with zero attached hydrogens (tertiary/aromatic N) is 2. The lowest BCUT2D eigenvalue weighted by atomic mass is 10.2. The smallest absolute Gasteiger partial charge is 0.267 e. The van der Waals surface area contributed by atoms with Gasteiger partial charge in [0.15, 0.2) is 0 Å². The first-order chi connectivity index (χ1) is 7.61. The summed E-state index contributed by atoms with van der Waals surface area (Å²) < 4.78 is 5.09. The molecule has 4 nitrogen and oxygen atoms in total. The Morgan fingerprint density at radius 2 is 2.44 bits per heavy atom. The Bertz CT molecular complexity index is 408. The van der Waals surface area contributed by atoms with Gasteiger partial charge >= 0.3 is 0 Å². The summed E-state index contributed by atoms with van der Waals surface area (Å²) in [6.45, 7) is 1.85. The van der Waals surface area contributed by atoms with E-state index in [1.54, 1.807) is 18.0 Å². The Balaban J connectivity index is 2.82. The molecular formula is C11H14N2O2S. The van der Waals surface area contributed by atoms with Gasteiger partial charge in [0, 0.05) is 13.1 Å². The van der Waals surface area contributed by atoms with Gasteiger partial charge in [-0.05, 0) is 18.4 Å². The van der Waals surface area contributed by atoms with Crippen molar-refractivity contribution in [2.75, 3.05) is 14.2 Å². The van der Waals surface area contributed by atoms with Crippen LogP contribution in [0.4, 0.5) is 0 Å². The second kappa shape index (κ2) is 5.52. The third kappa shape index (κ3) is 2.52. The van der Waals surface area contributed by atoms with E-state index < -0.39 is 0 Å². The van der Waals surface area contributed by atoms with E-state index in [0.29, 0.717) is 17.0 Å². The summed E-state index contributed by atoms with van der Waals surface area (Å²) >= 11 is 1.35. The summed E-state index contributed by atoms with van der Waals surface area (Å²) in [5.74, 6) is 0.487. The van der Waals surface area contributed by atoms with Crippen molar-refractivity contribution < 1.29 is 9.53 Å². The molecule has 16 heavy (non-hydrogen) atoms. The number of rotatable bonds is 4. The van der Waals surface area contributed by atoms with Crippen molar-refractivity contribution >= 4 is 17.2 Å². The van der Waals surface area contributed by atoms with Gasteiger partial charge in [-0.25, -0.2) is 0 Å². The van der Waals surface area contributed by atoms with Crippen LogP contribution in [0, 0.1) is 11.3 Å². The van der Waals surface area contributed by atoms with Crippen molar-refractivity contribution in [2.24, 2.45) is 0 Å². The number of amides is 1. The molecule has 0 N–H and O–H groups in total. The highest BCUT2D eigenvalue weighted by Crippen LogP contribution is 2.26. The number of carbonyl (C=O) groups is 1. The van der Waals surface area contributed by atoms with E-state index in [-0.39, 0.29) is 11.9 Å². The first kappa shape index (κ1) is 12.5. The van der Waals surface area contributed by atoms with Gasteiger partial charge in [0.25, 0.3) is 5.91 Å². The van der Waals surface area contributed by atoms with Crippen molar-refractivity contribution in [3.05, 3.63) is 16.3 Å². The third-order valence-electron chi connectivity index (χ3n) is 2.41. The van der Waals surface area contributed by atoms with Crippen LogP contribution in [0.2, 0.25) is 0 Å². The molecule has 1 unspecified atom stereocenters. The Kier molecular flexibility index (Phi) is 4.32. The van der Waals surface area contributed by atoms with Gasteiger partial charge in [0.05, 0.1) is 19.6 Å². The first-order valence-corrected chi connectivity index (χ1v) is 5.75. The Hall–Kier alpha value is -1.54. The highest BCUT2D eigenvalue weighted by atomic mass is 32.1. The monoisotopic (exact) mass is 238 g/mol. The molecule has 1 aromatic heterocycles. The van der Waals surface area contributed by atoms with Gasteiger partial charge in [-0.15, -0.1) is 11.3 Å². The molecule has 0 aromatic carbocycles. The van der Waals surface area contributed by atoms with E-state index in [2.05, 4.69) is 6.07 Å². The number of ether oxygens (including phenoxy) is 1. The van der Waals surface area contributed by atoms with Crippen LogP contribution in [0.3, 0.4) is 0 Å². The van der Waals surface area contributed by atoms with Crippen LogP contribution in [0.1, 0.15) is 23.0 Å². The van der Waals surface area contributed by atoms with E-state index in [1.165, 1.54) is 18.4 Å². The van der Waals surface area contributed by atoms with Crippen LogP contribution in [0.15, 0.2) is 11.4 Å². The third-order valence-corrected chi connectivity index (χ3v) is 3.30. The lowest BCUT2D eigenvalue weighted by Crippen LogP contribution is -2.34. The molecule has 1 atom stereocenters.